The maximum Gasteiger partial charge on any atom is 0.252 e. The molecule has 3 atom stereocenters. The third-order valence-electron chi connectivity index (χ3n) is 6.06. The molecule has 0 aromatic carbocycles. The zero-order valence-electron chi connectivity index (χ0n) is 15.4. The van der Waals surface area contributed by atoms with Crippen LogP contribution in [0, 0.1) is 5.92 Å². The van der Waals surface area contributed by atoms with Crippen LogP contribution < -0.4 is 5.32 Å². The minimum absolute atomic E-state index is 0.0168. The van der Waals surface area contributed by atoms with Gasteiger partial charge in [0, 0.05) is 11.9 Å². The number of hydrogen-bond acceptors (Lipinski definition) is 5. The van der Waals surface area contributed by atoms with Gasteiger partial charge in [-0.25, -0.2) is 0 Å². The molecule has 4 rings (SSSR count). The Balaban J connectivity index is 1.52. The Hall–Kier alpha value is -1.73. The summed E-state index contributed by atoms with van der Waals surface area (Å²) in [5.74, 6) is 0.101. The first kappa shape index (κ1) is 18.6. The van der Waals surface area contributed by atoms with E-state index in [0.29, 0.717) is 24.4 Å². The number of nitrogens with zero attached hydrogens (tertiary/aromatic N) is 1. The molecule has 7 heteroatoms. The standard InChI is InChI=1S/C20H26N2O4S/c23-16-11-26-17-6-3-8-22(18(16)17)20(25)15(10-13-4-1-2-5-13)21-19(24)14-7-9-27-12-14/h7,9,12-13,15,17-18H,1-6,8,10-11H2,(H,21,24)/t15-,17?,18+/m0/s1. The second kappa shape index (κ2) is 8.10. The van der Waals surface area contributed by atoms with Crippen LogP contribution in [0.1, 0.15) is 55.3 Å². The van der Waals surface area contributed by atoms with Crippen LogP contribution in [0.15, 0.2) is 16.8 Å². The lowest BCUT2D eigenvalue weighted by atomic mass is 9.93. The largest absolute Gasteiger partial charge is 0.368 e. The van der Waals surface area contributed by atoms with Crippen LogP contribution >= 0.6 is 11.3 Å². The Kier molecular flexibility index (Phi) is 5.59. The normalized spacial score (nSPS) is 26.8. The van der Waals surface area contributed by atoms with E-state index >= 15 is 0 Å². The molecule has 2 saturated heterocycles. The third kappa shape index (κ3) is 3.94. The summed E-state index contributed by atoms with van der Waals surface area (Å²) < 4.78 is 5.57. The number of nitrogens with one attached hydrogen (secondary N) is 1. The van der Waals surface area contributed by atoms with E-state index in [1.165, 1.54) is 24.2 Å². The molecule has 6 nitrogen and oxygen atoms in total. The molecule has 2 amide bonds. The van der Waals surface area contributed by atoms with Crippen LogP contribution in [0.3, 0.4) is 0 Å². The van der Waals surface area contributed by atoms with Gasteiger partial charge in [-0.3, -0.25) is 14.4 Å². The molecule has 2 aliphatic heterocycles. The smallest absolute Gasteiger partial charge is 0.252 e. The molecular formula is C20H26N2O4S. The van der Waals surface area contributed by atoms with E-state index in [-0.39, 0.29) is 30.3 Å². The first-order valence-corrected chi connectivity index (χ1v) is 10.9. The summed E-state index contributed by atoms with van der Waals surface area (Å²) in [6.45, 7) is 0.651. The predicted molar refractivity (Wildman–Crippen MR) is 102 cm³/mol. The van der Waals surface area contributed by atoms with Crippen LogP contribution in [0.5, 0.6) is 0 Å². The number of hydrogen-bond donors (Lipinski definition) is 1. The number of carbonyl (C=O) groups excluding carboxylic acids is 3. The number of ketones is 1. The molecule has 1 aromatic heterocycles. The van der Waals surface area contributed by atoms with Gasteiger partial charge in [-0.05, 0) is 36.6 Å². The van der Waals surface area contributed by atoms with Gasteiger partial charge in [0.05, 0.1) is 11.7 Å². The number of ether oxygens (including phenoxy) is 1. The van der Waals surface area contributed by atoms with Crippen molar-refractivity contribution in [3.8, 4) is 0 Å². The molecule has 1 saturated carbocycles. The molecule has 0 bridgehead atoms. The van der Waals surface area contributed by atoms with Gasteiger partial charge in [-0.15, -0.1) is 0 Å². The summed E-state index contributed by atoms with van der Waals surface area (Å²) in [6, 6.07) is 0.713. The van der Waals surface area contributed by atoms with Crippen molar-refractivity contribution in [2.24, 2.45) is 5.92 Å². The van der Waals surface area contributed by atoms with E-state index < -0.39 is 12.1 Å². The highest BCUT2D eigenvalue weighted by atomic mass is 32.1. The summed E-state index contributed by atoms with van der Waals surface area (Å²) in [7, 11) is 0. The number of Topliss-reactive ketones (excluding diaryl/α,β-unsaturated/α-hetero) is 1. The molecule has 0 radical (unpaired) electrons. The molecule has 3 heterocycles. The second-order valence-electron chi connectivity index (χ2n) is 7.86. The molecule has 146 valence electrons. The number of thiophene rings is 1. The van der Waals surface area contributed by atoms with Crippen molar-refractivity contribution in [2.45, 2.75) is 63.1 Å². The quantitative estimate of drug-likeness (QED) is 0.838. The number of piperidine rings is 1. The van der Waals surface area contributed by atoms with Gasteiger partial charge < -0.3 is 15.0 Å². The zero-order valence-corrected chi connectivity index (χ0v) is 16.2. The van der Waals surface area contributed by atoms with Crippen LogP contribution in [-0.2, 0) is 14.3 Å². The van der Waals surface area contributed by atoms with Gasteiger partial charge in [-0.2, -0.15) is 11.3 Å². The van der Waals surface area contributed by atoms with Crippen molar-refractivity contribution >= 4 is 28.9 Å². The zero-order chi connectivity index (χ0) is 18.8. The summed E-state index contributed by atoms with van der Waals surface area (Å²) in [5.41, 5.74) is 0.584. The Morgan fingerprint density at radius 1 is 1.26 bits per heavy atom. The third-order valence-corrected chi connectivity index (χ3v) is 6.74. The monoisotopic (exact) mass is 390 g/mol. The predicted octanol–water partition coefficient (Wildman–Crippen LogP) is 2.39. The van der Waals surface area contributed by atoms with Gasteiger partial charge in [0.2, 0.25) is 5.91 Å². The lowest BCUT2D eigenvalue weighted by molar-refractivity contribution is -0.142. The molecule has 3 fully saturated rings. The number of fused-ring (bicyclic) bond motifs is 1. The number of rotatable bonds is 5. The van der Waals surface area contributed by atoms with E-state index in [2.05, 4.69) is 5.32 Å². The lowest BCUT2D eigenvalue weighted by Crippen LogP contribution is -2.58. The SMILES string of the molecule is O=C(N[C@@H](CC1CCCC1)C(=O)N1CCCC2OCC(=O)[C@H]21)c1ccsc1. The molecule has 1 unspecified atom stereocenters. The van der Waals surface area contributed by atoms with E-state index in [0.717, 1.165) is 25.7 Å². The van der Waals surface area contributed by atoms with Crippen LogP contribution in [0.4, 0.5) is 0 Å². The highest BCUT2D eigenvalue weighted by Gasteiger charge is 2.46. The van der Waals surface area contributed by atoms with Gasteiger partial charge in [0.15, 0.2) is 5.78 Å². The van der Waals surface area contributed by atoms with Crippen molar-refractivity contribution in [1.82, 2.24) is 10.2 Å². The molecule has 0 spiro atoms. The van der Waals surface area contributed by atoms with Crippen LogP contribution in [0.25, 0.3) is 0 Å². The van der Waals surface area contributed by atoms with Crippen LogP contribution in [-0.4, -0.2) is 53.8 Å². The van der Waals surface area contributed by atoms with Crippen molar-refractivity contribution in [3.05, 3.63) is 22.4 Å². The Labute approximate surface area is 163 Å². The average Bonchev–Trinajstić information content (AvgIpc) is 3.43. The van der Waals surface area contributed by atoms with Gasteiger partial charge in [0.25, 0.3) is 5.91 Å². The number of amides is 2. The Morgan fingerprint density at radius 2 is 2.07 bits per heavy atom. The first-order chi connectivity index (χ1) is 13.1. The average molecular weight is 391 g/mol. The number of likely N-dealkylation sites (tertiary alicyclic amines) is 1. The molecular weight excluding hydrogens is 364 g/mol. The van der Waals surface area contributed by atoms with Gasteiger partial charge >= 0.3 is 0 Å². The Morgan fingerprint density at radius 3 is 2.81 bits per heavy atom. The topological polar surface area (TPSA) is 75.7 Å². The summed E-state index contributed by atoms with van der Waals surface area (Å²) in [6.07, 6.45) is 6.68. The molecule has 27 heavy (non-hydrogen) atoms. The summed E-state index contributed by atoms with van der Waals surface area (Å²) in [5, 5.41) is 6.61. The fourth-order valence-electron chi connectivity index (χ4n) is 4.67. The van der Waals surface area contributed by atoms with Gasteiger partial charge in [-0.1, -0.05) is 25.7 Å². The van der Waals surface area contributed by atoms with E-state index in [1.54, 1.807) is 16.3 Å². The second-order valence-corrected chi connectivity index (χ2v) is 8.64. The first-order valence-electron chi connectivity index (χ1n) is 9.91. The van der Waals surface area contributed by atoms with Crippen molar-refractivity contribution in [3.63, 3.8) is 0 Å². The summed E-state index contributed by atoms with van der Waals surface area (Å²) >= 11 is 1.46. The van der Waals surface area contributed by atoms with Crippen molar-refractivity contribution in [1.29, 1.82) is 0 Å². The molecule has 1 N–H and O–H groups in total. The van der Waals surface area contributed by atoms with E-state index in [1.807, 2.05) is 5.38 Å². The maximum absolute atomic E-state index is 13.4. The fourth-order valence-corrected chi connectivity index (χ4v) is 5.31. The summed E-state index contributed by atoms with van der Waals surface area (Å²) in [4.78, 5) is 40.0. The van der Waals surface area contributed by atoms with E-state index in [4.69, 9.17) is 4.74 Å². The van der Waals surface area contributed by atoms with Crippen molar-refractivity contribution in [2.75, 3.05) is 13.2 Å². The number of carbonyl (C=O) groups is 3. The minimum atomic E-state index is -0.576. The van der Waals surface area contributed by atoms with E-state index in [9.17, 15) is 14.4 Å². The highest BCUT2D eigenvalue weighted by Crippen LogP contribution is 2.31. The lowest BCUT2D eigenvalue weighted by Gasteiger charge is -2.38. The highest BCUT2D eigenvalue weighted by molar-refractivity contribution is 7.08. The molecule has 3 aliphatic rings. The minimum Gasteiger partial charge on any atom is -0.368 e. The van der Waals surface area contributed by atoms with Crippen molar-refractivity contribution < 1.29 is 19.1 Å². The fraction of sp³-hybridized carbons (Fsp3) is 0.650. The van der Waals surface area contributed by atoms with Crippen LogP contribution in [0.2, 0.25) is 0 Å². The molecule has 1 aliphatic carbocycles. The molecule has 1 aromatic rings. The van der Waals surface area contributed by atoms with Gasteiger partial charge in [0.1, 0.15) is 18.7 Å². The maximum atomic E-state index is 13.4. The Bertz CT molecular complexity index is 699.